The summed E-state index contributed by atoms with van der Waals surface area (Å²) < 4.78 is 42.7. The summed E-state index contributed by atoms with van der Waals surface area (Å²) in [4.78, 5) is 20.4. The van der Waals surface area contributed by atoms with E-state index < -0.39 is 5.82 Å². The zero-order valence-electron chi connectivity index (χ0n) is 24.1. The van der Waals surface area contributed by atoms with Gasteiger partial charge in [-0.25, -0.2) is 13.2 Å². The molecule has 4 aromatic rings. The van der Waals surface area contributed by atoms with Crippen LogP contribution in [-0.2, 0) is 0 Å². The van der Waals surface area contributed by atoms with Crippen LogP contribution in [0.5, 0.6) is 0 Å². The summed E-state index contributed by atoms with van der Waals surface area (Å²) in [6.07, 6.45) is 3.36. The molecule has 1 aliphatic rings. The van der Waals surface area contributed by atoms with E-state index in [0.29, 0.717) is 54.5 Å². The van der Waals surface area contributed by atoms with E-state index in [0.717, 1.165) is 16.9 Å². The third kappa shape index (κ3) is 6.15. The van der Waals surface area contributed by atoms with Crippen LogP contribution < -0.4 is 4.90 Å². The Bertz CT molecular complexity index is 1630. The number of carbonyl (C=O) groups excluding carboxylic acids is 1. The standard InChI is InChI=1S/C35H36F3N3O/c1-22(16-24(3)36)21-41(34-11-6-5-8-23(34)2)25(4)26-12-14-40(15-13-26)35(42)30-19-33-29(18-32(30)38)31(20-39-33)27-9-7-10-28(37)17-27/h5-11,17-20,22,26,39H,3-4,12-16,21H2,1-2H3. The van der Waals surface area contributed by atoms with Crippen molar-refractivity contribution in [3.8, 4) is 11.1 Å². The zero-order valence-corrected chi connectivity index (χ0v) is 24.1. The molecule has 7 heteroatoms. The lowest BCUT2D eigenvalue weighted by molar-refractivity contribution is 0.0697. The quantitative estimate of drug-likeness (QED) is 0.218. The van der Waals surface area contributed by atoms with Crippen molar-refractivity contribution in [2.75, 3.05) is 24.5 Å². The van der Waals surface area contributed by atoms with Gasteiger partial charge in [0.15, 0.2) is 0 Å². The Hall–Kier alpha value is -4.26. The number of likely N-dealkylation sites (tertiary alicyclic amines) is 1. The Morgan fingerprint density at radius 1 is 1.07 bits per heavy atom. The summed E-state index contributed by atoms with van der Waals surface area (Å²) >= 11 is 0. The Morgan fingerprint density at radius 3 is 2.50 bits per heavy atom. The second kappa shape index (κ2) is 12.3. The lowest BCUT2D eigenvalue weighted by atomic mass is 9.91. The summed E-state index contributed by atoms with van der Waals surface area (Å²) in [7, 11) is 0. The first kappa shape index (κ1) is 29.2. The molecular formula is C35H36F3N3O. The van der Waals surface area contributed by atoms with Gasteiger partial charge in [0.1, 0.15) is 11.6 Å². The van der Waals surface area contributed by atoms with Gasteiger partial charge in [-0.1, -0.05) is 50.4 Å². The highest BCUT2D eigenvalue weighted by molar-refractivity contribution is 6.02. The van der Waals surface area contributed by atoms with E-state index in [-0.39, 0.29) is 41.4 Å². The molecule has 1 amide bonds. The topological polar surface area (TPSA) is 39.3 Å². The van der Waals surface area contributed by atoms with Crippen molar-refractivity contribution in [3.05, 3.63) is 114 Å². The molecule has 0 aliphatic carbocycles. The number of aromatic nitrogens is 1. The highest BCUT2D eigenvalue weighted by Crippen LogP contribution is 2.35. The number of para-hydroxylation sites is 1. The smallest absolute Gasteiger partial charge is 0.256 e. The van der Waals surface area contributed by atoms with Crippen LogP contribution in [0, 0.1) is 30.4 Å². The van der Waals surface area contributed by atoms with Crippen molar-refractivity contribution in [1.29, 1.82) is 0 Å². The first-order valence-electron chi connectivity index (χ1n) is 14.3. The van der Waals surface area contributed by atoms with Crippen LogP contribution in [0.4, 0.5) is 18.9 Å². The van der Waals surface area contributed by atoms with Gasteiger partial charge >= 0.3 is 0 Å². The molecule has 3 aromatic carbocycles. The van der Waals surface area contributed by atoms with Gasteiger partial charge in [-0.15, -0.1) is 0 Å². The maximum Gasteiger partial charge on any atom is 0.256 e. The number of hydrogen-bond donors (Lipinski definition) is 1. The number of aryl methyl sites for hydroxylation is 1. The molecular weight excluding hydrogens is 535 g/mol. The minimum absolute atomic E-state index is 0.00855. The van der Waals surface area contributed by atoms with E-state index in [1.807, 2.05) is 32.0 Å². The number of nitrogens with one attached hydrogen (secondary N) is 1. The minimum atomic E-state index is -0.606. The zero-order chi connectivity index (χ0) is 30.0. The number of anilines is 1. The second-order valence-electron chi connectivity index (χ2n) is 11.4. The maximum absolute atomic E-state index is 15.3. The van der Waals surface area contributed by atoms with E-state index in [1.165, 1.54) is 18.2 Å². The van der Waals surface area contributed by atoms with Gasteiger partial charge in [-0.3, -0.25) is 4.79 Å². The molecule has 5 rings (SSSR count). The number of amides is 1. The predicted octanol–water partition coefficient (Wildman–Crippen LogP) is 8.80. The lowest BCUT2D eigenvalue weighted by Crippen LogP contribution is -2.41. The summed E-state index contributed by atoms with van der Waals surface area (Å²) in [5.74, 6) is -1.51. The molecule has 0 saturated carbocycles. The Kier molecular flexibility index (Phi) is 8.57. The Labute approximate surface area is 245 Å². The van der Waals surface area contributed by atoms with E-state index in [1.54, 1.807) is 29.3 Å². The number of rotatable bonds is 9. The lowest BCUT2D eigenvalue weighted by Gasteiger charge is -2.39. The normalized spacial score (nSPS) is 14.6. The number of aromatic amines is 1. The summed E-state index contributed by atoms with van der Waals surface area (Å²) in [6.45, 7) is 13.5. The number of fused-ring (bicyclic) bond motifs is 1. The maximum atomic E-state index is 15.3. The first-order chi connectivity index (χ1) is 20.1. The number of piperidine rings is 1. The van der Waals surface area contributed by atoms with Gasteiger partial charge < -0.3 is 14.8 Å². The molecule has 4 nitrogen and oxygen atoms in total. The molecule has 1 fully saturated rings. The van der Waals surface area contributed by atoms with E-state index in [4.69, 9.17) is 0 Å². The van der Waals surface area contributed by atoms with E-state index in [9.17, 15) is 13.6 Å². The predicted molar refractivity (Wildman–Crippen MR) is 164 cm³/mol. The van der Waals surface area contributed by atoms with Crippen LogP contribution >= 0.6 is 0 Å². The molecule has 1 aliphatic heterocycles. The molecule has 42 heavy (non-hydrogen) atoms. The summed E-state index contributed by atoms with van der Waals surface area (Å²) in [6, 6.07) is 17.1. The van der Waals surface area contributed by atoms with E-state index >= 15 is 4.39 Å². The number of benzene rings is 3. The second-order valence-corrected chi connectivity index (χ2v) is 11.4. The number of nitrogens with zero attached hydrogens (tertiary/aromatic N) is 2. The minimum Gasteiger partial charge on any atom is -0.361 e. The van der Waals surface area contributed by atoms with Gasteiger partial charge in [-0.2, -0.15) is 0 Å². The van der Waals surface area contributed by atoms with Gasteiger partial charge in [0, 0.05) is 66.0 Å². The first-order valence-corrected chi connectivity index (χ1v) is 14.3. The van der Waals surface area contributed by atoms with Crippen LogP contribution in [0.1, 0.15) is 42.1 Å². The molecule has 1 unspecified atom stereocenters. The van der Waals surface area contributed by atoms with Gasteiger partial charge in [0.25, 0.3) is 5.91 Å². The van der Waals surface area contributed by atoms with Crippen LogP contribution in [0.25, 0.3) is 22.0 Å². The van der Waals surface area contributed by atoms with Gasteiger partial charge in [0.2, 0.25) is 0 Å². The number of halogens is 3. The molecule has 218 valence electrons. The highest BCUT2D eigenvalue weighted by atomic mass is 19.1. The van der Waals surface area contributed by atoms with Crippen LogP contribution in [0.2, 0.25) is 0 Å². The van der Waals surface area contributed by atoms with Crippen molar-refractivity contribution < 1.29 is 18.0 Å². The van der Waals surface area contributed by atoms with Crippen molar-refractivity contribution >= 4 is 22.5 Å². The monoisotopic (exact) mass is 571 g/mol. The number of H-pyrrole nitrogens is 1. The molecule has 0 radical (unpaired) electrons. The molecule has 1 aromatic heterocycles. The van der Waals surface area contributed by atoms with Crippen LogP contribution in [-0.4, -0.2) is 35.4 Å². The number of carbonyl (C=O) groups is 1. The Morgan fingerprint density at radius 2 is 1.81 bits per heavy atom. The fourth-order valence-electron chi connectivity index (χ4n) is 6.00. The largest absolute Gasteiger partial charge is 0.361 e. The molecule has 1 atom stereocenters. The van der Waals surface area contributed by atoms with Crippen molar-refractivity contribution in [3.63, 3.8) is 0 Å². The number of hydrogen-bond acceptors (Lipinski definition) is 2. The summed E-state index contributed by atoms with van der Waals surface area (Å²) in [5, 5.41) is 0.589. The Balaban J connectivity index is 1.30. The van der Waals surface area contributed by atoms with Crippen molar-refractivity contribution in [1.82, 2.24) is 9.88 Å². The van der Waals surface area contributed by atoms with Crippen molar-refractivity contribution in [2.24, 2.45) is 11.8 Å². The fourth-order valence-corrected chi connectivity index (χ4v) is 6.00. The number of allylic oxidation sites excluding steroid dienone is 2. The van der Waals surface area contributed by atoms with Gasteiger partial charge in [0.05, 0.1) is 11.4 Å². The average Bonchev–Trinajstić information content (AvgIpc) is 3.37. The highest BCUT2D eigenvalue weighted by Gasteiger charge is 2.30. The third-order valence-electron chi connectivity index (χ3n) is 8.21. The van der Waals surface area contributed by atoms with Crippen molar-refractivity contribution in [2.45, 2.75) is 33.1 Å². The fraction of sp³-hybridized carbons (Fsp3) is 0.286. The third-order valence-corrected chi connectivity index (χ3v) is 8.21. The SMILES string of the molecule is C=C(F)CC(C)CN(C(=C)C1CCN(C(=O)c2cc3[nH]cc(-c4cccc(F)c4)c3cc2F)CC1)c1ccccc1C. The molecule has 1 saturated heterocycles. The van der Waals surface area contributed by atoms with Gasteiger partial charge in [-0.05, 0) is 67.1 Å². The average molecular weight is 572 g/mol. The van der Waals surface area contributed by atoms with E-state index in [2.05, 4.69) is 29.1 Å². The van der Waals surface area contributed by atoms with Crippen LogP contribution in [0.15, 0.2) is 91.5 Å². The van der Waals surface area contributed by atoms with Crippen LogP contribution in [0.3, 0.4) is 0 Å². The molecule has 2 heterocycles. The molecule has 1 N–H and O–H groups in total. The summed E-state index contributed by atoms with van der Waals surface area (Å²) in [5.41, 5.74) is 5.01. The molecule has 0 bridgehead atoms. The molecule has 0 spiro atoms.